The number of hydrogen-bond donors (Lipinski definition) is 1. The second kappa shape index (κ2) is 7.50. The molecule has 7 heteroatoms. The number of nitrogens with zero attached hydrogens (tertiary/aromatic N) is 1. The molecule has 6 nitrogen and oxygen atoms in total. The van der Waals surface area contributed by atoms with Crippen molar-refractivity contribution >= 4 is 33.9 Å². The number of rotatable bonds is 5. The van der Waals surface area contributed by atoms with Crippen LogP contribution < -0.4 is 5.32 Å². The molecule has 2 aromatic carbocycles. The lowest BCUT2D eigenvalue weighted by molar-refractivity contribution is -0.118. The number of nitrogens with one attached hydrogen (secondary N) is 1. The molecule has 0 bridgehead atoms. The van der Waals surface area contributed by atoms with E-state index in [9.17, 15) is 9.59 Å². The summed E-state index contributed by atoms with van der Waals surface area (Å²) in [4.78, 5) is 27.8. The van der Waals surface area contributed by atoms with Gasteiger partial charge in [-0.1, -0.05) is 36.0 Å². The van der Waals surface area contributed by atoms with Gasteiger partial charge < -0.3 is 8.83 Å². The fourth-order valence-electron chi connectivity index (χ4n) is 3.56. The molecule has 0 saturated carbocycles. The predicted octanol–water partition coefficient (Wildman–Crippen LogP) is 4.88. The second-order valence-corrected chi connectivity index (χ2v) is 8.41. The van der Waals surface area contributed by atoms with Crippen molar-refractivity contribution in [2.45, 2.75) is 25.0 Å². The topological polar surface area (TPSA) is 85.3 Å². The van der Waals surface area contributed by atoms with Gasteiger partial charge in [-0.05, 0) is 49.2 Å². The van der Waals surface area contributed by atoms with Crippen molar-refractivity contribution in [3.8, 4) is 11.5 Å². The van der Waals surface area contributed by atoms with Crippen LogP contribution in [0.5, 0.6) is 0 Å². The Hall–Kier alpha value is -3.32. The molecular weight excluding hydrogens is 400 g/mol. The first-order valence-corrected chi connectivity index (χ1v) is 10.5. The number of amides is 2. The Morgan fingerprint density at radius 1 is 1.07 bits per heavy atom. The van der Waals surface area contributed by atoms with Crippen LogP contribution in [-0.4, -0.2) is 21.4 Å². The molecule has 2 aromatic heterocycles. The summed E-state index contributed by atoms with van der Waals surface area (Å²) in [6.07, 6.45) is 1.03. The fraction of sp³-hybridized carbons (Fsp3) is 0.174. The van der Waals surface area contributed by atoms with Crippen LogP contribution in [0.1, 0.15) is 22.8 Å². The third-order valence-electron chi connectivity index (χ3n) is 5.07. The van der Waals surface area contributed by atoms with Gasteiger partial charge in [-0.3, -0.25) is 14.9 Å². The van der Waals surface area contributed by atoms with Crippen molar-refractivity contribution in [1.29, 1.82) is 0 Å². The molecule has 0 aliphatic carbocycles. The molecule has 1 fully saturated rings. The summed E-state index contributed by atoms with van der Waals surface area (Å²) in [6.45, 7) is 1.90. The summed E-state index contributed by atoms with van der Waals surface area (Å²) in [5, 5.41) is 2.62. The highest BCUT2D eigenvalue weighted by molar-refractivity contribution is 8.15. The Kier molecular flexibility index (Phi) is 4.67. The van der Waals surface area contributed by atoms with E-state index < -0.39 is 0 Å². The standard InChI is InChI=1S/C23H18N2O4S/c1-13-18(24-22(28-13)15-5-3-2-4-6-15)12-17-11-16-9-14(7-8-19(16)29-17)10-20-21(26)25-23(27)30-20/h2-9,11,20H,10,12H2,1H3,(H,25,26,27)/t20-/m0/s1. The van der Waals surface area contributed by atoms with Gasteiger partial charge in [0.2, 0.25) is 11.8 Å². The lowest BCUT2D eigenvalue weighted by Crippen LogP contribution is -2.25. The molecule has 4 aromatic rings. The number of oxazole rings is 1. The van der Waals surface area contributed by atoms with Gasteiger partial charge >= 0.3 is 0 Å². The minimum atomic E-state index is -0.379. The molecule has 5 rings (SSSR count). The van der Waals surface area contributed by atoms with Gasteiger partial charge in [0.25, 0.3) is 5.24 Å². The minimum absolute atomic E-state index is 0.228. The molecule has 0 spiro atoms. The van der Waals surface area contributed by atoms with Crippen LogP contribution in [0.25, 0.3) is 22.4 Å². The maximum Gasteiger partial charge on any atom is 0.286 e. The lowest BCUT2D eigenvalue weighted by atomic mass is 10.1. The fourth-order valence-corrected chi connectivity index (χ4v) is 4.42. The Labute approximate surface area is 176 Å². The maximum atomic E-state index is 11.8. The molecule has 0 radical (unpaired) electrons. The SMILES string of the molecule is Cc1oc(-c2ccccc2)nc1Cc1cc2cc(C[C@@H]3SC(=O)NC3=O)ccc2o1. The van der Waals surface area contributed by atoms with E-state index in [4.69, 9.17) is 8.83 Å². The molecule has 3 heterocycles. The average Bonchev–Trinajstić information content (AvgIpc) is 3.39. The van der Waals surface area contributed by atoms with Gasteiger partial charge in [-0.25, -0.2) is 4.98 Å². The highest BCUT2D eigenvalue weighted by Crippen LogP contribution is 2.28. The quantitative estimate of drug-likeness (QED) is 0.497. The number of aromatic nitrogens is 1. The minimum Gasteiger partial charge on any atom is -0.461 e. The van der Waals surface area contributed by atoms with E-state index in [0.717, 1.165) is 51.1 Å². The first-order chi connectivity index (χ1) is 14.5. The van der Waals surface area contributed by atoms with Crippen LogP contribution >= 0.6 is 11.8 Å². The number of fused-ring (bicyclic) bond motifs is 1. The Bertz CT molecular complexity index is 1260. The average molecular weight is 418 g/mol. The third-order valence-corrected chi connectivity index (χ3v) is 6.06. The van der Waals surface area contributed by atoms with Gasteiger partial charge in [0.15, 0.2) is 0 Å². The number of aryl methyl sites for hydroxylation is 1. The summed E-state index contributed by atoms with van der Waals surface area (Å²) in [7, 11) is 0. The molecule has 1 atom stereocenters. The van der Waals surface area contributed by atoms with E-state index in [1.807, 2.05) is 61.5 Å². The predicted molar refractivity (Wildman–Crippen MR) is 114 cm³/mol. The Balaban J connectivity index is 1.36. The smallest absolute Gasteiger partial charge is 0.286 e. The van der Waals surface area contributed by atoms with Gasteiger partial charge in [0.1, 0.15) is 17.1 Å². The molecule has 1 aliphatic rings. The molecule has 1 aliphatic heterocycles. The molecule has 1 N–H and O–H groups in total. The van der Waals surface area contributed by atoms with E-state index in [1.165, 1.54) is 0 Å². The monoisotopic (exact) mass is 418 g/mol. The number of benzene rings is 2. The maximum absolute atomic E-state index is 11.8. The third kappa shape index (κ3) is 3.64. The van der Waals surface area contributed by atoms with E-state index in [2.05, 4.69) is 10.3 Å². The summed E-state index contributed by atoms with van der Waals surface area (Å²) in [6, 6.07) is 17.6. The van der Waals surface area contributed by atoms with Crippen LogP contribution in [-0.2, 0) is 17.6 Å². The van der Waals surface area contributed by atoms with Gasteiger partial charge in [0.05, 0.1) is 17.4 Å². The van der Waals surface area contributed by atoms with E-state index in [-0.39, 0.29) is 16.4 Å². The molecule has 150 valence electrons. The molecule has 2 amide bonds. The Morgan fingerprint density at radius 3 is 2.67 bits per heavy atom. The summed E-state index contributed by atoms with van der Waals surface area (Å²) >= 11 is 1.04. The van der Waals surface area contributed by atoms with Gasteiger partial charge in [-0.15, -0.1) is 0 Å². The van der Waals surface area contributed by atoms with E-state index in [0.29, 0.717) is 18.7 Å². The van der Waals surface area contributed by atoms with Crippen LogP contribution in [0.3, 0.4) is 0 Å². The van der Waals surface area contributed by atoms with Crippen molar-refractivity contribution in [1.82, 2.24) is 10.3 Å². The summed E-state index contributed by atoms with van der Waals surface area (Å²) < 4.78 is 11.8. The van der Waals surface area contributed by atoms with E-state index >= 15 is 0 Å². The summed E-state index contributed by atoms with van der Waals surface area (Å²) in [5.41, 5.74) is 3.54. The van der Waals surface area contributed by atoms with E-state index in [1.54, 1.807) is 0 Å². The highest BCUT2D eigenvalue weighted by Gasteiger charge is 2.31. The van der Waals surface area contributed by atoms with Crippen molar-refractivity contribution < 1.29 is 18.4 Å². The van der Waals surface area contributed by atoms with Crippen LogP contribution in [0.2, 0.25) is 0 Å². The number of hydrogen-bond acceptors (Lipinski definition) is 6. The highest BCUT2D eigenvalue weighted by atomic mass is 32.2. The number of thioether (sulfide) groups is 1. The Morgan fingerprint density at radius 2 is 1.90 bits per heavy atom. The molecular formula is C23H18N2O4S. The van der Waals surface area contributed by atoms with Gasteiger partial charge in [-0.2, -0.15) is 0 Å². The first-order valence-electron chi connectivity index (χ1n) is 9.60. The zero-order valence-corrected chi connectivity index (χ0v) is 17.0. The number of furan rings is 1. The van der Waals surface area contributed by atoms with Crippen LogP contribution in [0.15, 0.2) is 63.4 Å². The number of imide groups is 1. The number of carbonyl (C=O) groups is 2. The first kappa shape index (κ1) is 18.7. The number of carbonyl (C=O) groups excluding carboxylic acids is 2. The van der Waals surface area contributed by atoms with Crippen molar-refractivity contribution in [2.24, 2.45) is 0 Å². The van der Waals surface area contributed by atoms with Gasteiger partial charge in [0, 0.05) is 10.9 Å². The normalized spacial score (nSPS) is 16.4. The van der Waals surface area contributed by atoms with Crippen LogP contribution in [0.4, 0.5) is 4.79 Å². The largest absolute Gasteiger partial charge is 0.461 e. The van der Waals surface area contributed by atoms with Crippen molar-refractivity contribution in [3.63, 3.8) is 0 Å². The molecule has 30 heavy (non-hydrogen) atoms. The zero-order chi connectivity index (χ0) is 20.7. The second-order valence-electron chi connectivity index (χ2n) is 7.24. The summed E-state index contributed by atoms with van der Waals surface area (Å²) in [5.74, 6) is 1.93. The zero-order valence-electron chi connectivity index (χ0n) is 16.2. The molecule has 0 unspecified atom stereocenters. The molecule has 1 saturated heterocycles. The van der Waals surface area contributed by atoms with Crippen molar-refractivity contribution in [3.05, 3.63) is 77.4 Å². The lowest BCUT2D eigenvalue weighted by Gasteiger charge is -2.04. The van der Waals surface area contributed by atoms with Crippen molar-refractivity contribution in [2.75, 3.05) is 0 Å². The van der Waals surface area contributed by atoms with Crippen LogP contribution in [0, 0.1) is 6.92 Å².